The highest BCUT2D eigenvalue weighted by Gasteiger charge is 2.41. The number of aromatic nitrogens is 4. The molecule has 156 valence electrons. The van der Waals surface area contributed by atoms with Crippen LogP contribution in [0.2, 0.25) is 5.02 Å². The summed E-state index contributed by atoms with van der Waals surface area (Å²) in [6.07, 6.45) is 0. The van der Waals surface area contributed by atoms with Crippen molar-refractivity contribution in [1.82, 2.24) is 19.7 Å². The van der Waals surface area contributed by atoms with Gasteiger partial charge in [-0.3, -0.25) is 9.48 Å². The number of hydrogen-bond donors (Lipinski definition) is 1. The zero-order valence-electron chi connectivity index (χ0n) is 17.2. The van der Waals surface area contributed by atoms with E-state index in [4.69, 9.17) is 16.7 Å². The largest absolute Gasteiger partial charge is 0.310 e. The molecule has 1 amide bonds. The van der Waals surface area contributed by atoms with Crippen LogP contribution in [0.5, 0.6) is 0 Å². The lowest BCUT2D eigenvalue weighted by Gasteiger charge is -2.16. The Morgan fingerprint density at radius 1 is 1.16 bits per heavy atom. The summed E-state index contributed by atoms with van der Waals surface area (Å²) in [5.41, 5.74) is 2.62. The maximum absolute atomic E-state index is 14.3. The third-order valence-corrected chi connectivity index (χ3v) is 5.95. The van der Waals surface area contributed by atoms with Gasteiger partial charge >= 0.3 is 0 Å². The van der Waals surface area contributed by atoms with E-state index in [2.05, 4.69) is 15.3 Å². The summed E-state index contributed by atoms with van der Waals surface area (Å²) in [7, 11) is 0. The van der Waals surface area contributed by atoms with E-state index in [1.165, 1.54) is 6.07 Å². The molecule has 5 rings (SSSR count). The van der Waals surface area contributed by atoms with Gasteiger partial charge in [0.2, 0.25) is 5.91 Å². The molecule has 1 aliphatic heterocycles. The number of fused-ring (bicyclic) bond motifs is 2. The maximum Gasteiger partial charge on any atom is 0.235 e. The first-order valence-corrected chi connectivity index (χ1v) is 10.2. The van der Waals surface area contributed by atoms with Crippen LogP contribution in [0.1, 0.15) is 30.7 Å². The number of benzene rings is 2. The van der Waals surface area contributed by atoms with Gasteiger partial charge in [0.1, 0.15) is 17.3 Å². The topological polar surface area (TPSA) is 72.7 Å². The van der Waals surface area contributed by atoms with Gasteiger partial charge in [0.25, 0.3) is 0 Å². The van der Waals surface area contributed by atoms with E-state index >= 15 is 0 Å². The Bertz CT molecular complexity index is 1380. The SMILES string of the molecule is Cc1nc(-c2nn(Cc3ccccc3F)c3cc(Cl)ccc23)nc2c1C(C)(C)C(=O)N2. The predicted octanol–water partition coefficient (Wildman–Crippen LogP) is 4.87. The number of rotatable bonds is 3. The summed E-state index contributed by atoms with van der Waals surface area (Å²) in [4.78, 5) is 21.7. The Kier molecular flexibility index (Phi) is 4.34. The van der Waals surface area contributed by atoms with Crippen LogP contribution < -0.4 is 5.32 Å². The molecular weight excluding hydrogens is 417 g/mol. The highest BCUT2D eigenvalue weighted by Crippen LogP contribution is 2.39. The van der Waals surface area contributed by atoms with Crippen molar-refractivity contribution in [2.45, 2.75) is 32.7 Å². The zero-order valence-corrected chi connectivity index (χ0v) is 18.0. The smallest absolute Gasteiger partial charge is 0.235 e. The van der Waals surface area contributed by atoms with Crippen molar-refractivity contribution in [2.75, 3.05) is 5.32 Å². The summed E-state index contributed by atoms with van der Waals surface area (Å²) >= 11 is 6.24. The fraction of sp³-hybridized carbons (Fsp3) is 0.217. The normalized spacial score (nSPS) is 14.7. The van der Waals surface area contributed by atoms with Gasteiger partial charge < -0.3 is 5.32 Å². The molecule has 0 radical (unpaired) electrons. The standard InChI is InChI=1S/C23H19ClFN5O/c1-12-18-20(28-22(31)23(18,2)3)27-21(26-12)19-15-9-8-14(24)10-17(15)30(29-19)11-13-6-4-5-7-16(13)25/h4-10H,11H2,1-3H3,(H,26,27,28,31). The zero-order chi connectivity index (χ0) is 21.9. The Labute approximate surface area is 183 Å². The second-order valence-electron chi connectivity index (χ2n) is 8.19. The highest BCUT2D eigenvalue weighted by atomic mass is 35.5. The van der Waals surface area contributed by atoms with Crippen LogP contribution in [0.25, 0.3) is 22.4 Å². The lowest BCUT2D eigenvalue weighted by Crippen LogP contribution is -2.27. The van der Waals surface area contributed by atoms with Gasteiger partial charge in [-0.15, -0.1) is 0 Å². The van der Waals surface area contributed by atoms with Crippen molar-refractivity contribution in [3.05, 3.63) is 70.1 Å². The van der Waals surface area contributed by atoms with Gasteiger partial charge in [-0.1, -0.05) is 29.8 Å². The van der Waals surface area contributed by atoms with E-state index < -0.39 is 5.41 Å². The van der Waals surface area contributed by atoms with Crippen LogP contribution in [-0.4, -0.2) is 25.7 Å². The number of nitrogens with zero attached hydrogens (tertiary/aromatic N) is 4. The van der Waals surface area contributed by atoms with Crippen LogP contribution in [0.4, 0.5) is 10.2 Å². The van der Waals surface area contributed by atoms with E-state index in [1.54, 1.807) is 35.0 Å². The maximum atomic E-state index is 14.3. The molecule has 1 N–H and O–H groups in total. The molecule has 2 aromatic heterocycles. The first-order valence-electron chi connectivity index (χ1n) is 9.86. The number of anilines is 1. The minimum absolute atomic E-state index is 0.112. The predicted molar refractivity (Wildman–Crippen MR) is 118 cm³/mol. The first kappa shape index (κ1) is 19.6. The quantitative estimate of drug-likeness (QED) is 0.498. The lowest BCUT2D eigenvalue weighted by atomic mass is 9.86. The molecule has 0 unspecified atom stereocenters. The van der Waals surface area contributed by atoms with Crippen molar-refractivity contribution < 1.29 is 9.18 Å². The Balaban J connectivity index is 1.69. The van der Waals surface area contributed by atoms with E-state index in [9.17, 15) is 9.18 Å². The van der Waals surface area contributed by atoms with Gasteiger partial charge in [0, 0.05) is 27.2 Å². The van der Waals surface area contributed by atoms with Crippen molar-refractivity contribution >= 4 is 34.2 Å². The van der Waals surface area contributed by atoms with Crippen LogP contribution in [-0.2, 0) is 16.8 Å². The molecule has 0 spiro atoms. The molecule has 0 bridgehead atoms. The van der Waals surface area contributed by atoms with Gasteiger partial charge in [-0.2, -0.15) is 5.10 Å². The number of carbonyl (C=O) groups is 1. The molecule has 8 heteroatoms. The minimum Gasteiger partial charge on any atom is -0.310 e. The minimum atomic E-state index is -0.697. The van der Waals surface area contributed by atoms with Crippen molar-refractivity contribution in [3.63, 3.8) is 0 Å². The Morgan fingerprint density at radius 3 is 2.71 bits per heavy atom. The average Bonchev–Trinajstić information content (AvgIpc) is 3.17. The summed E-state index contributed by atoms with van der Waals surface area (Å²) in [6.45, 7) is 5.80. The molecule has 6 nitrogen and oxygen atoms in total. The lowest BCUT2D eigenvalue weighted by molar-refractivity contribution is -0.119. The summed E-state index contributed by atoms with van der Waals surface area (Å²) in [5, 5.41) is 8.91. The average molecular weight is 436 g/mol. The number of aryl methyl sites for hydroxylation is 1. The molecular formula is C23H19ClFN5O. The fourth-order valence-electron chi connectivity index (χ4n) is 4.12. The van der Waals surface area contributed by atoms with E-state index in [1.807, 2.05) is 26.8 Å². The summed E-state index contributed by atoms with van der Waals surface area (Å²) < 4.78 is 16.0. The molecule has 4 aromatic rings. The van der Waals surface area contributed by atoms with Crippen molar-refractivity contribution in [1.29, 1.82) is 0 Å². The number of hydrogen-bond acceptors (Lipinski definition) is 4. The van der Waals surface area contributed by atoms with Crippen LogP contribution in [0.15, 0.2) is 42.5 Å². The van der Waals surface area contributed by atoms with E-state index in [-0.39, 0.29) is 18.3 Å². The number of halogens is 2. The van der Waals surface area contributed by atoms with Gasteiger partial charge in [0.15, 0.2) is 5.82 Å². The van der Waals surface area contributed by atoms with Crippen LogP contribution in [0.3, 0.4) is 0 Å². The molecule has 0 saturated heterocycles. The third kappa shape index (κ3) is 3.08. The third-order valence-electron chi connectivity index (χ3n) is 5.72. The molecule has 31 heavy (non-hydrogen) atoms. The Hall–Kier alpha value is -3.32. The molecule has 0 aliphatic carbocycles. The highest BCUT2D eigenvalue weighted by molar-refractivity contribution is 6.31. The summed E-state index contributed by atoms with van der Waals surface area (Å²) in [5.74, 6) is 0.486. The van der Waals surface area contributed by atoms with Crippen molar-refractivity contribution in [3.8, 4) is 11.5 Å². The molecule has 0 saturated carbocycles. The van der Waals surface area contributed by atoms with E-state index in [0.717, 1.165) is 16.5 Å². The second kappa shape index (κ2) is 6.85. The van der Waals surface area contributed by atoms with Gasteiger partial charge in [0.05, 0.1) is 17.5 Å². The van der Waals surface area contributed by atoms with Gasteiger partial charge in [-0.25, -0.2) is 14.4 Å². The monoisotopic (exact) mass is 435 g/mol. The Morgan fingerprint density at radius 2 is 1.94 bits per heavy atom. The van der Waals surface area contributed by atoms with E-state index in [0.29, 0.717) is 33.6 Å². The molecule has 3 heterocycles. The number of carbonyl (C=O) groups excluding carboxylic acids is 1. The van der Waals surface area contributed by atoms with Gasteiger partial charge in [-0.05, 0) is 45.0 Å². The number of amides is 1. The molecule has 1 aliphatic rings. The molecule has 0 atom stereocenters. The summed E-state index contributed by atoms with van der Waals surface area (Å²) in [6, 6.07) is 12.0. The first-order chi connectivity index (χ1) is 14.8. The molecule has 0 fully saturated rings. The van der Waals surface area contributed by atoms with Crippen LogP contribution in [0, 0.1) is 12.7 Å². The second-order valence-corrected chi connectivity index (χ2v) is 8.63. The van der Waals surface area contributed by atoms with Crippen LogP contribution >= 0.6 is 11.6 Å². The number of nitrogens with one attached hydrogen (secondary N) is 1. The molecule has 2 aromatic carbocycles. The van der Waals surface area contributed by atoms with Crippen molar-refractivity contribution in [2.24, 2.45) is 0 Å². The fourth-order valence-corrected chi connectivity index (χ4v) is 4.28.